The number of rotatable bonds is 10. The van der Waals surface area contributed by atoms with Gasteiger partial charge in [0.25, 0.3) is 5.91 Å². The Kier molecular flexibility index (Phi) is 6.78. The fraction of sp³-hybridized carbons (Fsp3) is 0.625. The summed E-state index contributed by atoms with van der Waals surface area (Å²) >= 11 is 0. The van der Waals surface area contributed by atoms with Gasteiger partial charge in [-0.2, -0.15) is 0 Å². The Labute approximate surface area is 185 Å². The normalized spacial score (nSPS) is 22.8. The zero-order valence-electron chi connectivity index (χ0n) is 18.9. The maximum atomic E-state index is 13.3. The number of nitrogens with zero attached hydrogens (tertiary/aromatic N) is 5. The molecule has 0 saturated carbocycles. The van der Waals surface area contributed by atoms with E-state index in [9.17, 15) is 9.59 Å². The van der Waals surface area contributed by atoms with Crippen LogP contribution in [0.25, 0.3) is 0 Å². The van der Waals surface area contributed by atoms with Gasteiger partial charge in [0.2, 0.25) is 5.96 Å². The Morgan fingerprint density at radius 2 is 1.61 bits per heavy atom. The fourth-order valence-corrected chi connectivity index (χ4v) is 4.90. The molecule has 31 heavy (non-hydrogen) atoms. The van der Waals surface area contributed by atoms with Gasteiger partial charge in [-0.15, -0.1) is 0 Å². The molecule has 0 N–H and O–H groups in total. The van der Waals surface area contributed by atoms with Gasteiger partial charge >= 0.3 is 6.03 Å². The first-order valence-corrected chi connectivity index (χ1v) is 11.9. The second-order valence-electron chi connectivity index (χ2n) is 8.83. The third kappa shape index (κ3) is 4.27. The smallest absolute Gasteiger partial charge is 0.325 e. The number of amides is 3. The molecule has 0 spiro atoms. The molecule has 0 bridgehead atoms. The van der Waals surface area contributed by atoms with Crippen molar-refractivity contribution in [3.05, 3.63) is 30.3 Å². The molecule has 2 unspecified atom stereocenters. The van der Waals surface area contributed by atoms with Crippen molar-refractivity contribution < 1.29 is 9.59 Å². The summed E-state index contributed by atoms with van der Waals surface area (Å²) < 4.78 is 0. The number of fused-ring (bicyclic) bond motifs is 3. The maximum Gasteiger partial charge on any atom is 0.328 e. The Morgan fingerprint density at radius 3 is 2.32 bits per heavy atom. The average Bonchev–Trinajstić information content (AvgIpc) is 3.36. The topological polar surface area (TPSA) is 59.5 Å². The van der Waals surface area contributed by atoms with Gasteiger partial charge in [-0.1, -0.05) is 70.1 Å². The molecule has 3 aliphatic rings. The summed E-state index contributed by atoms with van der Waals surface area (Å²) in [7, 11) is 1.77. The van der Waals surface area contributed by atoms with Crippen LogP contribution in [0.4, 0.5) is 10.5 Å². The highest BCUT2D eigenvalue weighted by Gasteiger charge is 2.54. The molecule has 3 aliphatic heterocycles. The molecule has 2 fully saturated rings. The average molecular weight is 426 g/mol. The van der Waals surface area contributed by atoms with Crippen molar-refractivity contribution in [2.75, 3.05) is 31.6 Å². The van der Waals surface area contributed by atoms with Gasteiger partial charge < -0.3 is 14.7 Å². The van der Waals surface area contributed by atoms with Crippen molar-refractivity contribution in [2.24, 2.45) is 4.99 Å². The van der Waals surface area contributed by atoms with Crippen molar-refractivity contribution in [1.29, 1.82) is 0 Å². The summed E-state index contributed by atoms with van der Waals surface area (Å²) in [6.07, 6.45) is 9.10. The minimum Gasteiger partial charge on any atom is -0.325 e. The van der Waals surface area contributed by atoms with E-state index in [0.717, 1.165) is 37.6 Å². The number of para-hydroxylation sites is 1. The molecule has 2 atom stereocenters. The van der Waals surface area contributed by atoms with Gasteiger partial charge in [-0.25, -0.2) is 9.79 Å². The number of urea groups is 1. The van der Waals surface area contributed by atoms with Crippen LogP contribution in [0.2, 0.25) is 0 Å². The van der Waals surface area contributed by atoms with E-state index in [1.165, 1.54) is 43.4 Å². The largest absolute Gasteiger partial charge is 0.328 e. The molecule has 1 aromatic carbocycles. The lowest BCUT2D eigenvalue weighted by Gasteiger charge is -2.40. The summed E-state index contributed by atoms with van der Waals surface area (Å²) in [5.41, 5.74) is 1.07. The fourth-order valence-electron chi connectivity index (χ4n) is 4.90. The highest BCUT2D eigenvalue weighted by molar-refractivity contribution is 6.07. The monoisotopic (exact) mass is 425 g/mol. The van der Waals surface area contributed by atoms with Crippen molar-refractivity contribution in [3.63, 3.8) is 0 Å². The van der Waals surface area contributed by atoms with Crippen molar-refractivity contribution in [3.8, 4) is 0 Å². The Morgan fingerprint density at radius 1 is 0.935 bits per heavy atom. The number of anilines is 1. The zero-order chi connectivity index (χ0) is 21.8. The van der Waals surface area contributed by atoms with E-state index in [-0.39, 0.29) is 11.9 Å². The molecular formula is C24H35N5O2. The van der Waals surface area contributed by atoms with Crippen LogP contribution in [0.5, 0.6) is 0 Å². The van der Waals surface area contributed by atoms with E-state index in [1.807, 2.05) is 18.2 Å². The van der Waals surface area contributed by atoms with Crippen LogP contribution < -0.4 is 4.90 Å². The molecule has 168 valence electrons. The molecule has 0 radical (unpaired) electrons. The molecule has 1 aromatic rings. The van der Waals surface area contributed by atoms with Gasteiger partial charge in [-0.3, -0.25) is 9.69 Å². The number of carbonyl (C=O) groups is 2. The molecule has 0 aromatic heterocycles. The van der Waals surface area contributed by atoms with Crippen molar-refractivity contribution in [1.82, 2.24) is 14.7 Å². The van der Waals surface area contributed by atoms with Crippen LogP contribution in [0, 0.1) is 0 Å². The molecule has 2 saturated heterocycles. The van der Waals surface area contributed by atoms with Crippen molar-refractivity contribution in [2.45, 2.75) is 70.5 Å². The van der Waals surface area contributed by atoms with Gasteiger partial charge in [0, 0.05) is 32.4 Å². The summed E-state index contributed by atoms with van der Waals surface area (Å²) in [6, 6.07) is 9.50. The predicted octanol–water partition coefficient (Wildman–Crippen LogP) is 3.91. The summed E-state index contributed by atoms with van der Waals surface area (Å²) in [5.74, 6) is 0.716. The van der Waals surface area contributed by atoms with Crippen LogP contribution in [-0.2, 0) is 4.79 Å². The lowest BCUT2D eigenvalue weighted by Crippen LogP contribution is -2.64. The zero-order valence-corrected chi connectivity index (χ0v) is 18.9. The lowest BCUT2D eigenvalue weighted by molar-refractivity contribution is -0.137. The number of hydrogen-bond donors (Lipinski definition) is 0. The maximum absolute atomic E-state index is 13.3. The number of unbranched alkanes of at least 4 members (excludes halogenated alkanes) is 7. The van der Waals surface area contributed by atoms with E-state index < -0.39 is 12.2 Å². The number of aliphatic imine (C=N–C) groups is 1. The molecular weight excluding hydrogens is 390 g/mol. The summed E-state index contributed by atoms with van der Waals surface area (Å²) in [4.78, 5) is 38.4. The molecule has 7 heteroatoms. The predicted molar refractivity (Wildman–Crippen MR) is 123 cm³/mol. The third-order valence-corrected chi connectivity index (χ3v) is 6.68. The number of hydrogen-bond acceptors (Lipinski definition) is 5. The molecule has 0 aliphatic carbocycles. The minimum absolute atomic E-state index is 0.0929. The second kappa shape index (κ2) is 9.71. The van der Waals surface area contributed by atoms with E-state index in [1.54, 1.807) is 11.9 Å². The first-order chi connectivity index (χ1) is 15.1. The highest BCUT2D eigenvalue weighted by Crippen LogP contribution is 2.33. The van der Waals surface area contributed by atoms with Gasteiger partial charge in [-0.05, 0) is 18.6 Å². The molecule has 3 amide bonds. The van der Waals surface area contributed by atoms with Crippen LogP contribution in [-0.4, -0.2) is 71.5 Å². The highest BCUT2D eigenvalue weighted by atomic mass is 16.2. The number of carbonyl (C=O) groups excluding carboxylic acids is 2. The Bertz CT molecular complexity index is 811. The third-order valence-electron chi connectivity index (χ3n) is 6.68. The van der Waals surface area contributed by atoms with E-state index in [2.05, 4.69) is 28.9 Å². The summed E-state index contributed by atoms with van der Waals surface area (Å²) in [5, 5.41) is 0. The van der Waals surface area contributed by atoms with Crippen molar-refractivity contribution >= 4 is 23.6 Å². The van der Waals surface area contributed by atoms with E-state index in [0.29, 0.717) is 6.54 Å². The standard InChI is InChI=1S/C24H35N5O2/c1-3-4-5-6-7-8-9-13-16-29-22(30)20-21(26(2)24(29)31)25-23-27(17-18-28(20)23)19-14-11-10-12-15-19/h10-12,14-15,20-21H,3-9,13,16-18H2,1-2H3. The first kappa shape index (κ1) is 21.7. The lowest BCUT2D eigenvalue weighted by atomic mass is 10.1. The number of benzene rings is 1. The molecule has 3 heterocycles. The number of likely N-dealkylation sites (N-methyl/N-ethyl adjacent to an activating group) is 1. The van der Waals surface area contributed by atoms with Crippen LogP contribution >= 0.6 is 0 Å². The van der Waals surface area contributed by atoms with Gasteiger partial charge in [0.15, 0.2) is 12.2 Å². The number of imide groups is 1. The minimum atomic E-state index is -0.434. The SMILES string of the molecule is CCCCCCCCCCN1C(=O)C2C(N=C3N(c4ccccc4)CCN32)N(C)C1=O. The second-order valence-corrected chi connectivity index (χ2v) is 8.83. The van der Waals surface area contributed by atoms with Gasteiger partial charge in [0.1, 0.15) is 0 Å². The number of guanidine groups is 1. The Hall–Kier alpha value is -2.57. The van der Waals surface area contributed by atoms with Crippen LogP contribution in [0.3, 0.4) is 0 Å². The van der Waals surface area contributed by atoms with Crippen LogP contribution in [0.15, 0.2) is 35.3 Å². The van der Waals surface area contributed by atoms with Crippen LogP contribution in [0.1, 0.15) is 58.3 Å². The molecule has 4 rings (SSSR count). The van der Waals surface area contributed by atoms with E-state index >= 15 is 0 Å². The Balaban J connectivity index is 1.36. The van der Waals surface area contributed by atoms with E-state index in [4.69, 9.17) is 4.99 Å². The molecule has 7 nitrogen and oxygen atoms in total. The summed E-state index contributed by atoms with van der Waals surface area (Å²) in [6.45, 7) is 4.28. The first-order valence-electron chi connectivity index (χ1n) is 11.9. The quantitative estimate of drug-likeness (QED) is 0.534. The van der Waals surface area contributed by atoms with Gasteiger partial charge in [0.05, 0.1) is 0 Å².